The summed E-state index contributed by atoms with van der Waals surface area (Å²) in [6.45, 7) is 6.38. The first-order valence-electron chi connectivity index (χ1n) is 7.79. The third-order valence-electron chi connectivity index (χ3n) is 3.86. The maximum absolute atomic E-state index is 4.64. The summed E-state index contributed by atoms with van der Waals surface area (Å²) in [5, 5.41) is 5.71. The number of nitrogens with zero attached hydrogens (tertiary/aromatic N) is 3. The van der Waals surface area contributed by atoms with Gasteiger partial charge < -0.3 is 0 Å². The van der Waals surface area contributed by atoms with Crippen molar-refractivity contribution in [2.24, 2.45) is 5.10 Å². The van der Waals surface area contributed by atoms with Crippen LogP contribution in [0, 0.1) is 13.8 Å². The maximum Gasteiger partial charge on any atom is 0.158 e. The van der Waals surface area contributed by atoms with Crippen molar-refractivity contribution in [3.8, 4) is 0 Å². The van der Waals surface area contributed by atoms with Crippen LogP contribution in [0.15, 0.2) is 41.8 Å². The molecule has 118 valence electrons. The Balaban J connectivity index is 1.97. The zero-order chi connectivity index (χ0) is 16.2. The fourth-order valence-corrected chi connectivity index (χ4v) is 3.52. The van der Waals surface area contributed by atoms with E-state index < -0.39 is 0 Å². The molecule has 0 radical (unpaired) electrons. The molecular formula is C18H20N4S. The second-order valence-corrected chi connectivity index (χ2v) is 6.68. The fourth-order valence-electron chi connectivity index (χ4n) is 2.52. The minimum absolute atomic E-state index is 0.779. The summed E-state index contributed by atoms with van der Waals surface area (Å²) >= 11 is 1.69. The van der Waals surface area contributed by atoms with E-state index in [0.717, 1.165) is 40.2 Å². The van der Waals surface area contributed by atoms with Crippen molar-refractivity contribution >= 4 is 33.1 Å². The van der Waals surface area contributed by atoms with Gasteiger partial charge in [0.05, 0.1) is 11.1 Å². The van der Waals surface area contributed by atoms with Gasteiger partial charge in [0.1, 0.15) is 11.2 Å². The number of hydrogen-bond acceptors (Lipinski definition) is 5. The molecule has 0 aliphatic carbocycles. The van der Waals surface area contributed by atoms with Crippen molar-refractivity contribution in [3.63, 3.8) is 0 Å². The second kappa shape index (κ2) is 6.87. The van der Waals surface area contributed by atoms with Gasteiger partial charge in [-0.05, 0) is 31.4 Å². The summed E-state index contributed by atoms with van der Waals surface area (Å²) in [6.07, 6.45) is 3.57. The van der Waals surface area contributed by atoms with E-state index in [0.29, 0.717) is 0 Å². The first-order valence-corrected chi connectivity index (χ1v) is 8.61. The van der Waals surface area contributed by atoms with E-state index in [1.807, 2.05) is 18.2 Å². The van der Waals surface area contributed by atoms with Crippen molar-refractivity contribution in [2.75, 3.05) is 5.43 Å². The molecule has 0 spiro atoms. The Morgan fingerprint density at radius 2 is 1.96 bits per heavy atom. The first-order chi connectivity index (χ1) is 11.2. The van der Waals surface area contributed by atoms with Crippen LogP contribution in [-0.4, -0.2) is 15.7 Å². The summed E-state index contributed by atoms with van der Waals surface area (Å²) in [6, 6.07) is 10.3. The molecule has 2 heterocycles. The molecule has 0 unspecified atom stereocenters. The van der Waals surface area contributed by atoms with Crippen molar-refractivity contribution in [3.05, 3.63) is 52.7 Å². The topological polar surface area (TPSA) is 50.2 Å². The lowest BCUT2D eigenvalue weighted by Gasteiger charge is -2.07. The highest BCUT2D eigenvalue weighted by molar-refractivity contribution is 7.18. The van der Waals surface area contributed by atoms with Crippen molar-refractivity contribution in [2.45, 2.75) is 33.6 Å². The summed E-state index contributed by atoms with van der Waals surface area (Å²) in [4.78, 5) is 11.0. The lowest BCUT2D eigenvalue weighted by Crippen LogP contribution is -2.05. The lowest BCUT2D eigenvalue weighted by molar-refractivity contribution is 0.986. The first kappa shape index (κ1) is 15.6. The molecule has 3 aromatic rings. The smallest absolute Gasteiger partial charge is 0.158 e. The van der Waals surface area contributed by atoms with Gasteiger partial charge in [0, 0.05) is 4.88 Å². The quantitative estimate of drug-likeness (QED) is 0.535. The summed E-state index contributed by atoms with van der Waals surface area (Å²) in [7, 11) is 0. The Labute approximate surface area is 140 Å². The standard InChI is InChI=1S/C18H20N4S/c1-4-8-15(14-9-6-5-7-10-14)21-22-17-16-12(2)13(3)23-18(16)20-11-19-17/h5-7,9-11H,4,8H2,1-3H3,(H,19,20,22)/b21-15-. The van der Waals surface area contributed by atoms with Gasteiger partial charge in [0.15, 0.2) is 5.82 Å². The second-order valence-electron chi connectivity index (χ2n) is 5.47. The molecule has 0 saturated carbocycles. The molecule has 3 rings (SSSR count). The van der Waals surface area contributed by atoms with Crippen LogP contribution < -0.4 is 5.43 Å². The van der Waals surface area contributed by atoms with Crippen molar-refractivity contribution in [1.29, 1.82) is 0 Å². The largest absolute Gasteiger partial charge is 0.260 e. The van der Waals surface area contributed by atoms with Crippen LogP contribution in [0.2, 0.25) is 0 Å². The van der Waals surface area contributed by atoms with Gasteiger partial charge in [-0.1, -0.05) is 43.7 Å². The van der Waals surface area contributed by atoms with E-state index in [1.54, 1.807) is 17.7 Å². The molecule has 4 nitrogen and oxygen atoms in total. The minimum Gasteiger partial charge on any atom is -0.260 e. The molecule has 0 bridgehead atoms. The summed E-state index contributed by atoms with van der Waals surface area (Å²) in [5.41, 5.74) is 6.58. The molecular weight excluding hydrogens is 304 g/mol. The molecule has 0 aliphatic rings. The molecule has 0 fully saturated rings. The molecule has 23 heavy (non-hydrogen) atoms. The number of hydrogen-bond donors (Lipinski definition) is 1. The Hall–Kier alpha value is -2.27. The summed E-state index contributed by atoms with van der Waals surface area (Å²) in [5.74, 6) is 0.779. The van der Waals surface area contributed by atoms with Crippen LogP contribution in [0.4, 0.5) is 5.82 Å². The number of thiophene rings is 1. The Kier molecular flexibility index (Phi) is 4.67. The molecule has 0 aliphatic heterocycles. The third kappa shape index (κ3) is 3.24. The van der Waals surface area contributed by atoms with E-state index in [4.69, 9.17) is 0 Å². The summed E-state index contributed by atoms with van der Waals surface area (Å²) < 4.78 is 0. The van der Waals surface area contributed by atoms with Gasteiger partial charge in [-0.3, -0.25) is 5.43 Å². The fraction of sp³-hybridized carbons (Fsp3) is 0.278. The van der Waals surface area contributed by atoms with Gasteiger partial charge in [0.2, 0.25) is 0 Å². The zero-order valence-electron chi connectivity index (χ0n) is 13.6. The van der Waals surface area contributed by atoms with Gasteiger partial charge in [-0.15, -0.1) is 11.3 Å². The number of anilines is 1. The number of aryl methyl sites for hydroxylation is 2. The van der Waals surface area contributed by atoms with E-state index in [1.165, 1.54) is 10.4 Å². The lowest BCUT2D eigenvalue weighted by atomic mass is 10.1. The highest BCUT2D eigenvalue weighted by Gasteiger charge is 2.12. The normalized spacial score (nSPS) is 11.9. The predicted molar refractivity (Wildman–Crippen MR) is 98.4 cm³/mol. The van der Waals surface area contributed by atoms with E-state index in [9.17, 15) is 0 Å². The molecule has 0 saturated heterocycles. The number of benzene rings is 1. The van der Waals surface area contributed by atoms with Crippen LogP contribution in [0.25, 0.3) is 10.2 Å². The SMILES string of the molecule is CCC/C(=N/Nc1ncnc2sc(C)c(C)c12)c1ccccc1. The van der Waals surface area contributed by atoms with Crippen molar-refractivity contribution < 1.29 is 0 Å². The monoisotopic (exact) mass is 324 g/mol. The molecule has 0 amide bonds. The molecule has 2 aromatic heterocycles. The maximum atomic E-state index is 4.64. The third-order valence-corrected chi connectivity index (χ3v) is 4.97. The Bertz CT molecular complexity index is 837. The number of aromatic nitrogens is 2. The predicted octanol–water partition coefficient (Wildman–Crippen LogP) is 4.92. The van der Waals surface area contributed by atoms with Gasteiger partial charge in [-0.25, -0.2) is 9.97 Å². The van der Waals surface area contributed by atoms with Gasteiger partial charge >= 0.3 is 0 Å². The van der Waals surface area contributed by atoms with E-state index >= 15 is 0 Å². The van der Waals surface area contributed by atoms with Crippen molar-refractivity contribution in [1.82, 2.24) is 9.97 Å². The number of nitrogens with one attached hydrogen (secondary N) is 1. The van der Waals surface area contributed by atoms with Crippen LogP contribution >= 0.6 is 11.3 Å². The highest BCUT2D eigenvalue weighted by Crippen LogP contribution is 2.32. The van der Waals surface area contributed by atoms with Crippen LogP contribution in [0.5, 0.6) is 0 Å². The van der Waals surface area contributed by atoms with E-state index in [-0.39, 0.29) is 0 Å². The zero-order valence-corrected chi connectivity index (χ0v) is 14.4. The Morgan fingerprint density at radius 3 is 2.70 bits per heavy atom. The van der Waals surface area contributed by atoms with Crippen LogP contribution in [0.3, 0.4) is 0 Å². The molecule has 1 N–H and O–H groups in total. The molecule has 1 aromatic carbocycles. The van der Waals surface area contributed by atoms with Crippen LogP contribution in [-0.2, 0) is 0 Å². The van der Waals surface area contributed by atoms with Gasteiger partial charge in [0.25, 0.3) is 0 Å². The average molecular weight is 324 g/mol. The highest BCUT2D eigenvalue weighted by atomic mass is 32.1. The van der Waals surface area contributed by atoms with E-state index in [2.05, 4.69) is 53.4 Å². The number of hydrazone groups is 1. The van der Waals surface area contributed by atoms with Gasteiger partial charge in [-0.2, -0.15) is 5.10 Å². The molecule has 5 heteroatoms. The van der Waals surface area contributed by atoms with Crippen LogP contribution in [0.1, 0.15) is 35.8 Å². The number of fused-ring (bicyclic) bond motifs is 1. The average Bonchev–Trinajstić information content (AvgIpc) is 2.87. The molecule has 0 atom stereocenters. The Morgan fingerprint density at radius 1 is 1.17 bits per heavy atom. The minimum atomic E-state index is 0.779. The number of rotatable bonds is 5.